The lowest BCUT2D eigenvalue weighted by atomic mass is 10.2. The van der Waals surface area contributed by atoms with Gasteiger partial charge in [0.15, 0.2) is 0 Å². The number of nitrogens with zero attached hydrogens (tertiary/aromatic N) is 1. The molecule has 0 aliphatic carbocycles. The van der Waals surface area contributed by atoms with E-state index in [1.54, 1.807) is 6.07 Å². The Balaban J connectivity index is 2.19. The van der Waals surface area contributed by atoms with Gasteiger partial charge in [0.05, 0.1) is 17.4 Å². The first-order chi connectivity index (χ1) is 8.56. The number of aromatic nitrogens is 1. The van der Waals surface area contributed by atoms with Crippen LogP contribution in [0.1, 0.15) is 10.4 Å². The molecule has 0 aliphatic rings. The normalized spacial score (nSPS) is 10.1. The van der Waals surface area contributed by atoms with Crippen molar-refractivity contribution in [1.29, 1.82) is 0 Å². The number of nitrogen functional groups attached to an aromatic ring is 1. The average molecular weight is 266 g/mol. The summed E-state index contributed by atoms with van der Waals surface area (Å²) >= 11 is 5.60. The van der Waals surface area contributed by atoms with Gasteiger partial charge in [0.1, 0.15) is 11.6 Å². The number of carbonyl (C=O) groups is 1. The average Bonchev–Trinajstić information content (AvgIpc) is 2.32. The van der Waals surface area contributed by atoms with Crippen LogP contribution in [0.15, 0.2) is 36.5 Å². The molecule has 0 atom stereocenters. The number of hydrogen-bond donors (Lipinski definition) is 2. The van der Waals surface area contributed by atoms with E-state index in [1.807, 2.05) is 0 Å². The number of nitrogens with one attached hydrogen (secondary N) is 1. The molecule has 0 radical (unpaired) electrons. The summed E-state index contributed by atoms with van der Waals surface area (Å²) in [6.07, 6.45) is 1.39. The van der Waals surface area contributed by atoms with Gasteiger partial charge in [-0.15, -0.1) is 0 Å². The molecule has 1 aromatic heterocycles. The number of hydrogen-bond acceptors (Lipinski definition) is 3. The quantitative estimate of drug-likeness (QED) is 0.877. The van der Waals surface area contributed by atoms with Crippen molar-refractivity contribution in [2.24, 2.45) is 0 Å². The molecule has 1 amide bonds. The minimum Gasteiger partial charge on any atom is -0.384 e. The number of nitrogens with two attached hydrogens (primary N) is 1. The third-order valence-corrected chi connectivity index (χ3v) is 2.46. The van der Waals surface area contributed by atoms with Crippen LogP contribution < -0.4 is 11.1 Å². The second-order valence-electron chi connectivity index (χ2n) is 3.55. The number of benzene rings is 1. The second kappa shape index (κ2) is 5.01. The van der Waals surface area contributed by atoms with E-state index in [2.05, 4.69) is 10.3 Å². The van der Waals surface area contributed by atoms with E-state index in [9.17, 15) is 9.18 Å². The molecular weight excluding hydrogens is 257 g/mol. The van der Waals surface area contributed by atoms with Crippen molar-refractivity contribution in [3.63, 3.8) is 0 Å². The summed E-state index contributed by atoms with van der Waals surface area (Å²) in [5.41, 5.74) is 5.76. The number of amides is 1. The molecular formula is C12H9ClFN3O. The highest BCUT2D eigenvalue weighted by Gasteiger charge is 2.12. The van der Waals surface area contributed by atoms with Crippen molar-refractivity contribution in [3.05, 3.63) is 52.9 Å². The van der Waals surface area contributed by atoms with Gasteiger partial charge in [-0.3, -0.25) is 4.79 Å². The zero-order valence-corrected chi connectivity index (χ0v) is 9.91. The Morgan fingerprint density at radius 2 is 2.11 bits per heavy atom. The maximum absolute atomic E-state index is 13.5. The lowest BCUT2D eigenvalue weighted by Gasteiger charge is -2.06. The second-order valence-corrected chi connectivity index (χ2v) is 3.99. The molecule has 18 heavy (non-hydrogen) atoms. The highest BCUT2D eigenvalue weighted by Crippen LogP contribution is 2.16. The van der Waals surface area contributed by atoms with Crippen LogP contribution in [0.4, 0.5) is 15.9 Å². The Hall–Kier alpha value is -2.14. The fraction of sp³-hybridized carbons (Fsp3) is 0. The number of halogens is 2. The number of anilines is 2. The first-order valence-electron chi connectivity index (χ1n) is 5.04. The smallest absolute Gasteiger partial charge is 0.258 e. The maximum atomic E-state index is 13.5. The summed E-state index contributed by atoms with van der Waals surface area (Å²) in [6, 6.07) is 6.96. The maximum Gasteiger partial charge on any atom is 0.258 e. The minimum atomic E-state index is -0.677. The van der Waals surface area contributed by atoms with E-state index in [1.165, 1.54) is 24.4 Å². The van der Waals surface area contributed by atoms with Gasteiger partial charge < -0.3 is 11.1 Å². The molecule has 0 saturated carbocycles. The van der Waals surface area contributed by atoms with Crippen LogP contribution in [0.5, 0.6) is 0 Å². The Kier molecular flexibility index (Phi) is 3.43. The summed E-state index contributed by atoms with van der Waals surface area (Å²) < 4.78 is 13.5. The first kappa shape index (κ1) is 12.3. The van der Waals surface area contributed by atoms with Crippen LogP contribution in [0.25, 0.3) is 0 Å². The van der Waals surface area contributed by atoms with Crippen molar-refractivity contribution in [1.82, 2.24) is 4.98 Å². The number of rotatable bonds is 2. The monoisotopic (exact) mass is 265 g/mol. The third-order valence-electron chi connectivity index (χ3n) is 2.22. The lowest BCUT2D eigenvalue weighted by molar-refractivity contribution is 0.102. The van der Waals surface area contributed by atoms with E-state index in [-0.39, 0.29) is 10.6 Å². The van der Waals surface area contributed by atoms with Crippen LogP contribution in [0.2, 0.25) is 5.02 Å². The molecule has 1 aromatic carbocycles. The van der Waals surface area contributed by atoms with E-state index in [4.69, 9.17) is 17.3 Å². The summed E-state index contributed by atoms with van der Waals surface area (Å²) in [6.45, 7) is 0. The summed E-state index contributed by atoms with van der Waals surface area (Å²) in [5, 5.41) is 2.74. The molecule has 4 nitrogen and oxygen atoms in total. The van der Waals surface area contributed by atoms with Crippen LogP contribution in [-0.4, -0.2) is 10.9 Å². The molecule has 2 rings (SSSR count). The SMILES string of the molecule is Nc1ccc(NC(=O)c2ccc(Cl)cc2F)cn1. The fourth-order valence-corrected chi connectivity index (χ4v) is 1.51. The van der Waals surface area contributed by atoms with E-state index in [0.29, 0.717) is 11.5 Å². The van der Waals surface area contributed by atoms with E-state index >= 15 is 0 Å². The van der Waals surface area contributed by atoms with Crippen molar-refractivity contribution in [3.8, 4) is 0 Å². The van der Waals surface area contributed by atoms with Gasteiger partial charge in [0, 0.05) is 5.02 Å². The van der Waals surface area contributed by atoms with Crippen molar-refractivity contribution in [2.45, 2.75) is 0 Å². The number of pyridine rings is 1. The lowest BCUT2D eigenvalue weighted by Crippen LogP contribution is -2.13. The Bertz CT molecular complexity index is 586. The molecule has 6 heteroatoms. The topological polar surface area (TPSA) is 68.0 Å². The molecule has 0 fully saturated rings. The van der Waals surface area contributed by atoms with Gasteiger partial charge in [-0.05, 0) is 30.3 Å². The van der Waals surface area contributed by atoms with Crippen LogP contribution in [0.3, 0.4) is 0 Å². The molecule has 2 aromatic rings. The summed E-state index contributed by atoms with van der Waals surface area (Å²) in [7, 11) is 0. The predicted molar refractivity (Wildman–Crippen MR) is 68.0 cm³/mol. The van der Waals surface area contributed by atoms with Gasteiger partial charge in [0.25, 0.3) is 5.91 Å². The van der Waals surface area contributed by atoms with Gasteiger partial charge >= 0.3 is 0 Å². The van der Waals surface area contributed by atoms with Crippen LogP contribution in [-0.2, 0) is 0 Å². The highest BCUT2D eigenvalue weighted by molar-refractivity contribution is 6.30. The van der Waals surface area contributed by atoms with Crippen molar-refractivity contribution >= 4 is 29.0 Å². The van der Waals surface area contributed by atoms with Crippen LogP contribution >= 0.6 is 11.6 Å². The van der Waals surface area contributed by atoms with Gasteiger partial charge in [-0.1, -0.05) is 11.6 Å². The largest absolute Gasteiger partial charge is 0.384 e. The van der Waals surface area contributed by atoms with Crippen LogP contribution in [0, 0.1) is 5.82 Å². The number of carbonyl (C=O) groups excluding carboxylic acids is 1. The van der Waals surface area contributed by atoms with E-state index < -0.39 is 11.7 Å². The van der Waals surface area contributed by atoms with Crippen molar-refractivity contribution < 1.29 is 9.18 Å². The standard InChI is InChI=1S/C12H9ClFN3O/c13-7-1-3-9(10(14)5-7)12(18)17-8-2-4-11(15)16-6-8/h1-6H,(H2,15,16)(H,17,18). The van der Waals surface area contributed by atoms with E-state index in [0.717, 1.165) is 6.07 Å². The minimum absolute atomic E-state index is 0.0868. The fourth-order valence-electron chi connectivity index (χ4n) is 1.35. The van der Waals surface area contributed by atoms with Gasteiger partial charge in [0.2, 0.25) is 0 Å². The molecule has 0 aliphatic heterocycles. The highest BCUT2D eigenvalue weighted by atomic mass is 35.5. The van der Waals surface area contributed by atoms with Gasteiger partial charge in [-0.25, -0.2) is 9.37 Å². The molecule has 0 spiro atoms. The molecule has 92 valence electrons. The molecule has 1 heterocycles. The Morgan fingerprint density at radius 1 is 1.33 bits per heavy atom. The zero-order valence-electron chi connectivity index (χ0n) is 9.15. The Labute approximate surface area is 108 Å². The van der Waals surface area contributed by atoms with Gasteiger partial charge in [-0.2, -0.15) is 0 Å². The summed E-state index contributed by atoms with van der Waals surface area (Å²) in [5.74, 6) is -0.912. The molecule has 0 bridgehead atoms. The third kappa shape index (κ3) is 2.75. The zero-order chi connectivity index (χ0) is 13.1. The Morgan fingerprint density at radius 3 is 2.72 bits per heavy atom. The molecule has 0 saturated heterocycles. The first-order valence-corrected chi connectivity index (χ1v) is 5.42. The van der Waals surface area contributed by atoms with Crippen molar-refractivity contribution in [2.75, 3.05) is 11.1 Å². The predicted octanol–water partition coefficient (Wildman–Crippen LogP) is 2.71. The molecule has 3 N–H and O–H groups in total. The molecule has 0 unspecified atom stereocenters. The summed E-state index contributed by atoms with van der Waals surface area (Å²) in [4.78, 5) is 15.6.